The van der Waals surface area contributed by atoms with Crippen LogP contribution in [0.1, 0.15) is 0 Å². The van der Waals surface area contributed by atoms with Crippen molar-refractivity contribution >= 4 is 39.1 Å². The third-order valence-electron chi connectivity index (χ3n) is 4.44. The van der Waals surface area contributed by atoms with Crippen LogP contribution in [0.15, 0.2) is 52.3 Å². The van der Waals surface area contributed by atoms with Crippen LogP contribution >= 0.6 is 11.8 Å². The Bertz CT molecular complexity index is 1010. The molecule has 1 atom stereocenters. The molecule has 0 aromatic heterocycles. The van der Waals surface area contributed by atoms with Gasteiger partial charge in [0.2, 0.25) is 10.0 Å². The van der Waals surface area contributed by atoms with E-state index < -0.39 is 26.1 Å². The number of anilines is 2. The third kappa shape index (κ3) is 3.72. The van der Waals surface area contributed by atoms with E-state index in [0.29, 0.717) is 5.69 Å². The summed E-state index contributed by atoms with van der Waals surface area (Å²) in [6, 6.07) is 11.1. The summed E-state index contributed by atoms with van der Waals surface area (Å²) in [5, 5.41) is 5.12. The second kappa shape index (κ2) is 7.70. The van der Waals surface area contributed by atoms with E-state index in [1.165, 1.54) is 28.2 Å². The van der Waals surface area contributed by atoms with Crippen LogP contribution in [0.5, 0.6) is 0 Å². The van der Waals surface area contributed by atoms with Gasteiger partial charge in [0.15, 0.2) is 5.37 Å². The fourth-order valence-corrected chi connectivity index (χ4v) is 5.53. The van der Waals surface area contributed by atoms with Gasteiger partial charge >= 0.3 is 0 Å². The molecule has 0 spiro atoms. The summed E-state index contributed by atoms with van der Waals surface area (Å²) in [4.78, 5) is 12.8. The van der Waals surface area contributed by atoms with Gasteiger partial charge in [0.25, 0.3) is 5.91 Å². The first kappa shape index (κ1) is 19.2. The lowest BCUT2D eigenvalue weighted by Gasteiger charge is -2.27. The average molecular weight is 423 g/mol. The zero-order chi connectivity index (χ0) is 19.7. The van der Waals surface area contributed by atoms with Crippen LogP contribution in [0.3, 0.4) is 0 Å². The first-order chi connectivity index (χ1) is 13.4. The fraction of sp³-hybridized carbons (Fsp3) is 0.278. The van der Waals surface area contributed by atoms with Crippen LogP contribution in [0.25, 0.3) is 0 Å². The molecule has 0 saturated carbocycles. The van der Waals surface area contributed by atoms with Crippen LogP contribution in [-0.4, -0.2) is 50.3 Å². The van der Waals surface area contributed by atoms with E-state index in [0.717, 1.165) is 16.6 Å². The van der Waals surface area contributed by atoms with Gasteiger partial charge in [-0.15, -0.1) is 0 Å². The summed E-state index contributed by atoms with van der Waals surface area (Å²) in [5.74, 6) is -1.09. The number of thioether (sulfide) groups is 1. The molecule has 148 valence electrons. The second-order valence-corrected chi connectivity index (χ2v) is 9.34. The number of benzene rings is 2. The maximum atomic E-state index is 14.3. The molecule has 10 heteroatoms. The number of sulfonamides is 1. The number of morpholine rings is 1. The quantitative estimate of drug-likeness (QED) is 0.785. The Balaban J connectivity index is 1.58. The van der Waals surface area contributed by atoms with Crippen LogP contribution in [-0.2, 0) is 19.6 Å². The smallest absolute Gasteiger partial charge is 0.257 e. The molecule has 0 aliphatic carbocycles. The topological polar surface area (TPSA) is 87.7 Å². The summed E-state index contributed by atoms with van der Waals surface area (Å²) in [6.07, 6.45) is 0. The molecule has 2 aliphatic heterocycles. The van der Waals surface area contributed by atoms with Gasteiger partial charge in [0.05, 0.1) is 18.9 Å². The van der Waals surface area contributed by atoms with Crippen molar-refractivity contribution in [2.75, 3.05) is 36.9 Å². The predicted molar refractivity (Wildman–Crippen MR) is 104 cm³/mol. The van der Waals surface area contributed by atoms with Gasteiger partial charge in [-0.3, -0.25) is 4.79 Å². The summed E-state index contributed by atoms with van der Waals surface area (Å²) in [7, 11) is -3.99. The van der Waals surface area contributed by atoms with Crippen molar-refractivity contribution in [3.05, 3.63) is 48.3 Å². The Morgan fingerprint density at radius 1 is 1.18 bits per heavy atom. The highest BCUT2D eigenvalue weighted by atomic mass is 32.2. The Hall–Kier alpha value is -2.14. The van der Waals surface area contributed by atoms with E-state index in [1.807, 2.05) is 18.2 Å². The van der Waals surface area contributed by atoms with Gasteiger partial charge in [-0.05, 0) is 30.3 Å². The molecule has 2 heterocycles. The monoisotopic (exact) mass is 423 g/mol. The fourth-order valence-electron chi connectivity index (χ4n) is 3.01. The molecular weight excluding hydrogens is 405 g/mol. The molecule has 4 rings (SSSR count). The van der Waals surface area contributed by atoms with Crippen molar-refractivity contribution in [1.82, 2.24) is 4.31 Å². The molecule has 0 bridgehead atoms. The molecule has 2 aliphatic rings. The van der Waals surface area contributed by atoms with E-state index in [9.17, 15) is 17.6 Å². The summed E-state index contributed by atoms with van der Waals surface area (Å²) < 4.78 is 46.3. The maximum absolute atomic E-state index is 14.3. The van der Waals surface area contributed by atoms with Crippen LogP contribution in [0, 0.1) is 5.82 Å². The number of para-hydroxylation sites is 1. The lowest BCUT2D eigenvalue weighted by molar-refractivity contribution is -0.115. The van der Waals surface area contributed by atoms with Gasteiger partial charge in [-0.1, -0.05) is 23.9 Å². The number of rotatable bonds is 4. The molecule has 0 unspecified atom stereocenters. The number of ether oxygens (including phenoxy) is 1. The van der Waals surface area contributed by atoms with Crippen molar-refractivity contribution in [3.8, 4) is 0 Å². The SMILES string of the molecule is O=C1Nc2ccccc2S[C@@H]1Nc1ccc(F)c(S(=O)(=O)N2CCOCC2)c1. The zero-order valence-corrected chi connectivity index (χ0v) is 16.4. The highest BCUT2D eigenvalue weighted by Gasteiger charge is 2.31. The molecule has 1 saturated heterocycles. The van der Waals surface area contributed by atoms with E-state index in [1.54, 1.807) is 6.07 Å². The normalized spacial score (nSPS) is 20.3. The zero-order valence-electron chi connectivity index (χ0n) is 14.7. The molecule has 2 N–H and O–H groups in total. The maximum Gasteiger partial charge on any atom is 0.257 e. The van der Waals surface area contributed by atoms with Crippen molar-refractivity contribution in [1.29, 1.82) is 0 Å². The van der Waals surface area contributed by atoms with Crippen molar-refractivity contribution in [2.45, 2.75) is 15.2 Å². The van der Waals surface area contributed by atoms with Crippen LogP contribution in [0.4, 0.5) is 15.8 Å². The van der Waals surface area contributed by atoms with Crippen LogP contribution < -0.4 is 10.6 Å². The number of carbonyl (C=O) groups excluding carboxylic acids is 1. The number of nitrogens with one attached hydrogen (secondary N) is 2. The molecule has 2 aromatic rings. The standard InChI is InChI=1S/C18H18FN3O4S2/c19-13-6-5-12(11-16(13)28(24,25)22-7-9-26-10-8-22)20-18-17(23)21-14-3-1-2-4-15(14)27-18/h1-6,11,18,20H,7-10H2,(H,21,23)/t18-/m0/s1. The minimum absolute atomic E-state index is 0.178. The highest BCUT2D eigenvalue weighted by Crippen LogP contribution is 2.36. The highest BCUT2D eigenvalue weighted by molar-refractivity contribution is 8.01. The molecule has 7 nitrogen and oxygen atoms in total. The van der Waals surface area contributed by atoms with Gasteiger partial charge in [0, 0.05) is 23.7 Å². The minimum atomic E-state index is -3.99. The third-order valence-corrected chi connectivity index (χ3v) is 7.54. The largest absolute Gasteiger partial charge is 0.379 e. The molecule has 1 fully saturated rings. The lowest BCUT2D eigenvalue weighted by Crippen LogP contribution is -2.41. The second-order valence-electron chi connectivity index (χ2n) is 6.29. The number of carbonyl (C=O) groups is 1. The molecule has 2 aromatic carbocycles. The number of halogens is 1. The number of amides is 1. The van der Waals surface area contributed by atoms with Crippen molar-refractivity contribution in [2.24, 2.45) is 0 Å². The Morgan fingerprint density at radius 2 is 1.93 bits per heavy atom. The summed E-state index contributed by atoms with van der Waals surface area (Å²) >= 11 is 1.31. The van der Waals surface area contributed by atoms with E-state index in [-0.39, 0.29) is 32.2 Å². The first-order valence-corrected chi connectivity index (χ1v) is 11.0. The lowest BCUT2D eigenvalue weighted by atomic mass is 10.3. The molecule has 0 radical (unpaired) electrons. The summed E-state index contributed by atoms with van der Waals surface area (Å²) in [6.45, 7) is 0.905. The Kier molecular flexibility index (Phi) is 5.28. The van der Waals surface area contributed by atoms with E-state index in [2.05, 4.69) is 10.6 Å². The van der Waals surface area contributed by atoms with Gasteiger partial charge in [-0.25, -0.2) is 12.8 Å². The van der Waals surface area contributed by atoms with Gasteiger partial charge in [-0.2, -0.15) is 4.31 Å². The number of nitrogens with zero attached hydrogens (tertiary/aromatic N) is 1. The van der Waals surface area contributed by atoms with Gasteiger partial charge < -0.3 is 15.4 Å². The van der Waals surface area contributed by atoms with E-state index >= 15 is 0 Å². The number of hydrogen-bond acceptors (Lipinski definition) is 6. The van der Waals surface area contributed by atoms with Crippen LogP contribution in [0.2, 0.25) is 0 Å². The van der Waals surface area contributed by atoms with E-state index in [4.69, 9.17) is 4.74 Å². The number of hydrogen-bond donors (Lipinski definition) is 2. The average Bonchev–Trinajstić information content (AvgIpc) is 2.70. The van der Waals surface area contributed by atoms with Crippen molar-refractivity contribution < 1.29 is 22.3 Å². The number of fused-ring (bicyclic) bond motifs is 1. The Labute approximate surface area is 166 Å². The molecule has 1 amide bonds. The predicted octanol–water partition coefficient (Wildman–Crippen LogP) is 2.33. The van der Waals surface area contributed by atoms with Crippen molar-refractivity contribution in [3.63, 3.8) is 0 Å². The molecular formula is C18H18FN3O4S2. The first-order valence-electron chi connectivity index (χ1n) is 8.66. The van der Waals surface area contributed by atoms with Gasteiger partial charge in [0.1, 0.15) is 10.7 Å². The molecule has 28 heavy (non-hydrogen) atoms. The summed E-state index contributed by atoms with van der Waals surface area (Å²) in [5.41, 5.74) is 1.07. The minimum Gasteiger partial charge on any atom is -0.379 e. The Morgan fingerprint density at radius 3 is 2.71 bits per heavy atom.